The van der Waals surface area contributed by atoms with E-state index in [1.54, 1.807) is 6.07 Å². The quantitative estimate of drug-likeness (QED) is 0.539. The molecule has 74 valence electrons. The van der Waals surface area contributed by atoms with Crippen molar-refractivity contribution in [2.45, 2.75) is 0 Å². The molecular formula is C9H6FIO2S. The van der Waals surface area contributed by atoms with E-state index >= 15 is 0 Å². The van der Waals surface area contributed by atoms with Crippen molar-refractivity contribution in [3.05, 3.63) is 33.1 Å². The first kappa shape index (κ1) is 11.5. The number of benzene rings is 1. The Morgan fingerprint density at radius 1 is 1.43 bits per heavy atom. The van der Waals surface area contributed by atoms with E-state index in [1.165, 1.54) is 12.1 Å². The first-order chi connectivity index (χ1) is 6.38. The maximum atomic E-state index is 13.0. The van der Waals surface area contributed by atoms with Gasteiger partial charge in [0.1, 0.15) is 5.82 Å². The molecule has 0 N–H and O–H groups in total. The molecule has 2 nitrogen and oxygen atoms in total. The van der Waals surface area contributed by atoms with Gasteiger partial charge in [-0.3, -0.25) is 0 Å². The third-order valence-electron chi connectivity index (χ3n) is 1.30. The van der Waals surface area contributed by atoms with Crippen LogP contribution in [0.25, 0.3) is 0 Å². The third-order valence-corrected chi connectivity index (χ3v) is 2.44. The lowest BCUT2D eigenvalue weighted by atomic mass is 10.2. The second-order valence-electron chi connectivity index (χ2n) is 2.62. The molecule has 1 aromatic carbocycles. The molecule has 0 aliphatic carbocycles. The summed E-state index contributed by atoms with van der Waals surface area (Å²) in [6.07, 6.45) is 0.978. The summed E-state index contributed by atoms with van der Waals surface area (Å²) >= 11 is 2.00. The second kappa shape index (κ2) is 4.28. The second-order valence-corrected chi connectivity index (χ2v) is 5.62. The monoisotopic (exact) mass is 324 g/mol. The zero-order valence-corrected chi connectivity index (χ0v) is 10.2. The topological polar surface area (TPSA) is 34.1 Å². The van der Waals surface area contributed by atoms with E-state index < -0.39 is 15.7 Å². The van der Waals surface area contributed by atoms with Crippen molar-refractivity contribution in [1.82, 2.24) is 0 Å². The summed E-state index contributed by atoms with van der Waals surface area (Å²) < 4.78 is 35.3. The zero-order valence-electron chi connectivity index (χ0n) is 7.21. The standard InChI is InChI=1S/C9H6FIO2S/c1-14(12,13)5-4-7-6-8(11)2-3-9(7)10/h2-3,6H,1H3. The highest BCUT2D eigenvalue weighted by Crippen LogP contribution is 2.11. The Bertz CT molecular complexity index is 511. The van der Waals surface area contributed by atoms with Crippen molar-refractivity contribution in [2.75, 3.05) is 6.26 Å². The molecule has 5 heteroatoms. The summed E-state index contributed by atoms with van der Waals surface area (Å²) in [5.41, 5.74) is 0.0994. The number of hydrogen-bond acceptors (Lipinski definition) is 2. The van der Waals surface area contributed by atoms with Gasteiger partial charge in [-0.1, -0.05) is 0 Å². The SMILES string of the molecule is CS(=O)(=O)C#Cc1cc(I)ccc1F. The average molecular weight is 324 g/mol. The average Bonchev–Trinajstić information content (AvgIpc) is 2.05. The van der Waals surface area contributed by atoms with Crippen LogP contribution < -0.4 is 0 Å². The van der Waals surface area contributed by atoms with Gasteiger partial charge in [-0.2, -0.15) is 0 Å². The first-order valence-electron chi connectivity index (χ1n) is 3.56. The van der Waals surface area contributed by atoms with Crippen molar-refractivity contribution in [2.24, 2.45) is 0 Å². The summed E-state index contributed by atoms with van der Waals surface area (Å²) in [5, 5.41) is 1.99. The minimum Gasteiger partial charge on any atom is -0.216 e. The van der Waals surface area contributed by atoms with Gasteiger partial charge in [-0.25, -0.2) is 12.8 Å². The van der Waals surface area contributed by atoms with E-state index in [2.05, 4.69) is 5.92 Å². The molecule has 0 unspecified atom stereocenters. The normalized spacial score (nSPS) is 10.5. The predicted molar refractivity (Wildman–Crippen MR) is 60.8 cm³/mol. The first-order valence-corrected chi connectivity index (χ1v) is 6.53. The molecule has 0 atom stereocenters. The van der Waals surface area contributed by atoms with Crippen molar-refractivity contribution in [1.29, 1.82) is 0 Å². The molecule has 0 aromatic heterocycles. The predicted octanol–water partition coefficient (Wildman–Crippen LogP) is 1.78. The van der Waals surface area contributed by atoms with Gasteiger partial charge in [0, 0.05) is 8.82 Å². The molecule has 0 bridgehead atoms. The molecule has 0 aliphatic heterocycles. The number of halogens is 2. The van der Waals surface area contributed by atoms with Crippen molar-refractivity contribution in [3.63, 3.8) is 0 Å². The molecule has 0 fully saturated rings. The molecule has 0 saturated heterocycles. The molecule has 0 radical (unpaired) electrons. The molecular weight excluding hydrogens is 318 g/mol. The van der Waals surface area contributed by atoms with Crippen LogP contribution in [0.15, 0.2) is 18.2 Å². The Balaban J connectivity index is 3.19. The smallest absolute Gasteiger partial charge is 0.214 e. The van der Waals surface area contributed by atoms with E-state index in [4.69, 9.17) is 0 Å². The van der Waals surface area contributed by atoms with Crippen molar-refractivity contribution >= 4 is 32.4 Å². The highest BCUT2D eigenvalue weighted by molar-refractivity contribution is 14.1. The Hall–Kier alpha value is -0.610. The van der Waals surface area contributed by atoms with E-state index in [0.717, 1.165) is 9.83 Å². The van der Waals surface area contributed by atoms with E-state index in [9.17, 15) is 12.8 Å². The van der Waals surface area contributed by atoms with Crippen LogP contribution in [-0.2, 0) is 9.84 Å². The minimum absolute atomic E-state index is 0.0994. The number of rotatable bonds is 0. The van der Waals surface area contributed by atoms with Gasteiger partial charge in [0.25, 0.3) is 0 Å². The summed E-state index contributed by atoms with van der Waals surface area (Å²) in [5.74, 6) is 1.76. The minimum atomic E-state index is -3.38. The van der Waals surface area contributed by atoms with Crippen LogP contribution in [0.3, 0.4) is 0 Å². The molecule has 14 heavy (non-hydrogen) atoms. The van der Waals surface area contributed by atoms with Gasteiger partial charge in [0.2, 0.25) is 9.84 Å². The lowest BCUT2D eigenvalue weighted by Gasteiger charge is -1.94. The summed E-state index contributed by atoms with van der Waals surface area (Å²) in [4.78, 5) is 0. The summed E-state index contributed by atoms with van der Waals surface area (Å²) in [6, 6.07) is 4.34. The fourth-order valence-electron chi connectivity index (χ4n) is 0.741. The zero-order chi connectivity index (χ0) is 10.8. The third kappa shape index (κ3) is 3.64. The summed E-state index contributed by atoms with van der Waals surface area (Å²) in [7, 11) is -3.38. The van der Waals surface area contributed by atoms with Gasteiger partial charge in [-0.05, 0) is 46.7 Å². The van der Waals surface area contributed by atoms with Gasteiger partial charge in [0.05, 0.1) is 11.8 Å². The van der Waals surface area contributed by atoms with E-state index in [1.807, 2.05) is 27.8 Å². The van der Waals surface area contributed by atoms with Crippen molar-refractivity contribution in [3.8, 4) is 11.2 Å². The summed E-state index contributed by atoms with van der Waals surface area (Å²) in [6.45, 7) is 0. The molecule has 0 amide bonds. The highest BCUT2D eigenvalue weighted by atomic mass is 127. The van der Waals surface area contributed by atoms with E-state index in [-0.39, 0.29) is 5.56 Å². The lowest BCUT2D eigenvalue weighted by Crippen LogP contribution is -1.90. The van der Waals surface area contributed by atoms with Crippen LogP contribution in [0, 0.1) is 20.6 Å². The molecule has 0 heterocycles. The molecule has 0 saturated carbocycles. The van der Waals surface area contributed by atoms with E-state index in [0.29, 0.717) is 0 Å². The fraction of sp³-hybridized carbons (Fsp3) is 0.111. The molecule has 0 spiro atoms. The van der Waals surface area contributed by atoms with Crippen LogP contribution in [0.2, 0.25) is 0 Å². The largest absolute Gasteiger partial charge is 0.216 e. The van der Waals surface area contributed by atoms with Gasteiger partial charge >= 0.3 is 0 Å². The number of sulfone groups is 1. The van der Waals surface area contributed by atoms with Gasteiger partial charge in [0.15, 0.2) is 0 Å². The molecule has 0 aliphatic rings. The molecule has 1 rings (SSSR count). The Labute approximate surface area is 95.6 Å². The fourth-order valence-corrected chi connectivity index (χ4v) is 1.53. The lowest BCUT2D eigenvalue weighted by molar-refractivity contribution is 0.611. The number of hydrogen-bond donors (Lipinski definition) is 0. The van der Waals surface area contributed by atoms with Crippen LogP contribution in [0.4, 0.5) is 4.39 Å². The van der Waals surface area contributed by atoms with Crippen molar-refractivity contribution < 1.29 is 12.8 Å². The van der Waals surface area contributed by atoms with Crippen LogP contribution >= 0.6 is 22.6 Å². The molecule has 1 aromatic rings. The van der Waals surface area contributed by atoms with Crippen LogP contribution in [0.1, 0.15) is 5.56 Å². The van der Waals surface area contributed by atoms with Crippen LogP contribution in [-0.4, -0.2) is 14.7 Å². The Morgan fingerprint density at radius 2 is 2.07 bits per heavy atom. The van der Waals surface area contributed by atoms with Crippen LogP contribution in [0.5, 0.6) is 0 Å². The van der Waals surface area contributed by atoms with Gasteiger partial charge < -0.3 is 0 Å². The maximum absolute atomic E-state index is 13.0. The Kier molecular flexibility index (Phi) is 3.50. The Morgan fingerprint density at radius 3 is 2.64 bits per heavy atom. The maximum Gasteiger partial charge on any atom is 0.214 e. The highest BCUT2D eigenvalue weighted by Gasteiger charge is 2.00. The van der Waals surface area contributed by atoms with Gasteiger partial charge in [-0.15, -0.1) is 0 Å².